The van der Waals surface area contributed by atoms with Gasteiger partial charge in [0.1, 0.15) is 0 Å². The third-order valence-corrected chi connectivity index (χ3v) is 2.51. The molecule has 2 heteroatoms. The molecule has 0 aliphatic rings. The molecular weight excluding hydrogens is 208 g/mol. The van der Waals surface area contributed by atoms with Crippen molar-refractivity contribution in [3.63, 3.8) is 0 Å². The van der Waals surface area contributed by atoms with Gasteiger partial charge in [-0.25, -0.2) is 0 Å². The highest BCUT2D eigenvalue weighted by Gasteiger charge is 2.07. The van der Waals surface area contributed by atoms with Crippen LogP contribution in [0.15, 0.2) is 36.7 Å². The van der Waals surface area contributed by atoms with Crippen molar-refractivity contribution in [2.75, 3.05) is 0 Å². The molecule has 0 atom stereocenters. The van der Waals surface area contributed by atoms with Gasteiger partial charge in [0.15, 0.2) is 0 Å². The Morgan fingerprint density at radius 2 is 1.65 bits per heavy atom. The number of nitrogens with zero attached hydrogens (tertiary/aromatic N) is 2. The minimum Gasteiger partial charge on any atom is -0.257 e. The van der Waals surface area contributed by atoms with E-state index in [1.807, 2.05) is 26.0 Å². The smallest absolute Gasteiger partial charge is 0.0919 e. The van der Waals surface area contributed by atoms with Crippen LogP contribution in [0.5, 0.6) is 0 Å². The molecule has 2 nitrogen and oxygen atoms in total. The van der Waals surface area contributed by atoms with E-state index in [2.05, 4.69) is 35.9 Å². The summed E-state index contributed by atoms with van der Waals surface area (Å²) in [5, 5.41) is 0. The molecule has 17 heavy (non-hydrogen) atoms. The molecule has 0 aliphatic heterocycles. The topological polar surface area (TPSA) is 25.8 Å². The lowest BCUT2D eigenvalue weighted by Gasteiger charge is -2.07. The Labute approximate surface area is 104 Å². The van der Waals surface area contributed by atoms with Gasteiger partial charge < -0.3 is 0 Å². The summed E-state index contributed by atoms with van der Waals surface area (Å²) in [5.41, 5.74) is 4.50. The highest BCUT2D eigenvalue weighted by molar-refractivity contribution is 5.65. The van der Waals surface area contributed by atoms with Crippen molar-refractivity contribution >= 4 is 0 Å². The number of benzene rings is 1. The normalized spacial score (nSPS) is 9.41. The summed E-state index contributed by atoms with van der Waals surface area (Å²) in [5.74, 6) is 0. The van der Waals surface area contributed by atoms with Gasteiger partial charge in [0, 0.05) is 18.0 Å². The fourth-order valence-electron chi connectivity index (χ4n) is 1.69. The fourth-order valence-corrected chi connectivity index (χ4v) is 1.69. The number of aryl methyl sites for hydroxylation is 2. The predicted molar refractivity (Wildman–Crippen MR) is 72.9 cm³/mol. The van der Waals surface area contributed by atoms with Crippen LogP contribution in [0.1, 0.15) is 32.0 Å². The summed E-state index contributed by atoms with van der Waals surface area (Å²) in [4.78, 5) is 8.77. The first kappa shape index (κ1) is 13.4. The number of rotatable bonds is 2. The summed E-state index contributed by atoms with van der Waals surface area (Å²) in [7, 11) is 0. The molecule has 90 valence electrons. The van der Waals surface area contributed by atoms with E-state index >= 15 is 0 Å². The van der Waals surface area contributed by atoms with Crippen molar-refractivity contribution in [1.82, 2.24) is 9.97 Å². The quantitative estimate of drug-likeness (QED) is 0.775. The molecule has 0 spiro atoms. The zero-order chi connectivity index (χ0) is 12.7. The van der Waals surface area contributed by atoms with Gasteiger partial charge in [-0.15, -0.1) is 0 Å². The lowest BCUT2D eigenvalue weighted by atomic mass is 10.0. The van der Waals surface area contributed by atoms with Crippen LogP contribution in [0.4, 0.5) is 0 Å². The summed E-state index contributed by atoms with van der Waals surface area (Å²) >= 11 is 0. The minimum atomic E-state index is 0.914. The molecule has 0 bridgehead atoms. The molecule has 0 N–H and O–H groups in total. The van der Waals surface area contributed by atoms with Crippen LogP contribution in [0, 0.1) is 6.92 Å². The predicted octanol–water partition coefficient (Wildman–Crippen LogP) is 4.04. The van der Waals surface area contributed by atoms with Gasteiger partial charge in [0.2, 0.25) is 0 Å². The largest absolute Gasteiger partial charge is 0.257 e. The number of hydrogen-bond donors (Lipinski definition) is 0. The Balaban J connectivity index is 0.000000686. The highest BCUT2D eigenvalue weighted by Crippen LogP contribution is 2.23. The van der Waals surface area contributed by atoms with Crippen LogP contribution < -0.4 is 0 Å². The van der Waals surface area contributed by atoms with Gasteiger partial charge in [-0.1, -0.05) is 45.0 Å². The third kappa shape index (κ3) is 3.13. The Kier molecular flexibility index (Phi) is 5.34. The third-order valence-electron chi connectivity index (χ3n) is 2.51. The first-order valence-corrected chi connectivity index (χ1v) is 6.18. The summed E-state index contributed by atoms with van der Waals surface area (Å²) in [6, 6.07) is 8.28. The number of aromatic nitrogens is 2. The maximum absolute atomic E-state index is 4.42. The van der Waals surface area contributed by atoms with Crippen molar-refractivity contribution in [3.8, 4) is 11.3 Å². The second-order valence-electron chi connectivity index (χ2n) is 3.52. The molecule has 2 aromatic rings. The van der Waals surface area contributed by atoms with E-state index in [0.29, 0.717) is 0 Å². The van der Waals surface area contributed by atoms with Crippen LogP contribution in [-0.2, 0) is 6.42 Å². The van der Waals surface area contributed by atoms with Gasteiger partial charge in [-0.2, -0.15) is 0 Å². The molecule has 0 fully saturated rings. The van der Waals surface area contributed by atoms with Crippen molar-refractivity contribution in [1.29, 1.82) is 0 Å². The van der Waals surface area contributed by atoms with Gasteiger partial charge in [0.25, 0.3) is 0 Å². The fraction of sp³-hybridized carbons (Fsp3) is 0.333. The van der Waals surface area contributed by atoms with Crippen LogP contribution in [0.2, 0.25) is 0 Å². The van der Waals surface area contributed by atoms with E-state index in [1.54, 1.807) is 12.4 Å². The summed E-state index contributed by atoms with van der Waals surface area (Å²) in [6.45, 7) is 8.20. The minimum absolute atomic E-state index is 0.914. The maximum Gasteiger partial charge on any atom is 0.0919 e. The maximum atomic E-state index is 4.42. The Hall–Kier alpha value is -1.70. The van der Waals surface area contributed by atoms with Gasteiger partial charge in [0.05, 0.1) is 11.4 Å². The Bertz CT molecular complexity index is 464. The average molecular weight is 228 g/mol. The first-order chi connectivity index (χ1) is 8.33. The average Bonchev–Trinajstić information content (AvgIpc) is 2.41. The molecule has 0 saturated heterocycles. The highest BCUT2D eigenvalue weighted by atomic mass is 14.8. The monoisotopic (exact) mass is 228 g/mol. The SMILES string of the molecule is CC.CCc1nccnc1-c1ccccc1C. The van der Waals surface area contributed by atoms with E-state index in [1.165, 1.54) is 11.1 Å². The molecule has 0 unspecified atom stereocenters. The van der Waals surface area contributed by atoms with E-state index in [9.17, 15) is 0 Å². The van der Waals surface area contributed by atoms with E-state index in [4.69, 9.17) is 0 Å². The van der Waals surface area contributed by atoms with Gasteiger partial charge in [-0.3, -0.25) is 9.97 Å². The van der Waals surface area contributed by atoms with E-state index in [-0.39, 0.29) is 0 Å². The molecule has 0 aliphatic carbocycles. The lowest BCUT2D eigenvalue weighted by Crippen LogP contribution is -1.96. The van der Waals surface area contributed by atoms with Gasteiger partial charge >= 0.3 is 0 Å². The van der Waals surface area contributed by atoms with E-state index in [0.717, 1.165) is 17.8 Å². The molecule has 0 saturated carbocycles. The van der Waals surface area contributed by atoms with Crippen molar-refractivity contribution in [2.45, 2.75) is 34.1 Å². The molecule has 1 aromatic carbocycles. The molecule has 2 rings (SSSR count). The van der Waals surface area contributed by atoms with Crippen LogP contribution in [-0.4, -0.2) is 9.97 Å². The van der Waals surface area contributed by atoms with E-state index < -0.39 is 0 Å². The van der Waals surface area contributed by atoms with Crippen LogP contribution in [0.3, 0.4) is 0 Å². The zero-order valence-electron chi connectivity index (χ0n) is 11.1. The number of hydrogen-bond acceptors (Lipinski definition) is 2. The van der Waals surface area contributed by atoms with Crippen LogP contribution in [0.25, 0.3) is 11.3 Å². The Morgan fingerprint density at radius 1 is 1.00 bits per heavy atom. The standard InChI is InChI=1S/C13H14N2.C2H6/c1-3-12-13(15-9-8-14-12)11-7-5-4-6-10(11)2;1-2/h4-9H,3H2,1-2H3;1-2H3. The van der Waals surface area contributed by atoms with Gasteiger partial charge in [-0.05, 0) is 18.9 Å². The second kappa shape index (κ2) is 6.79. The molecule has 0 radical (unpaired) electrons. The zero-order valence-corrected chi connectivity index (χ0v) is 11.1. The molecule has 0 amide bonds. The first-order valence-electron chi connectivity index (χ1n) is 6.18. The summed E-state index contributed by atoms with van der Waals surface area (Å²) < 4.78 is 0. The lowest BCUT2D eigenvalue weighted by molar-refractivity contribution is 1.00. The molecule has 1 heterocycles. The Morgan fingerprint density at radius 3 is 2.29 bits per heavy atom. The summed E-state index contributed by atoms with van der Waals surface area (Å²) in [6.07, 6.45) is 4.42. The second-order valence-corrected chi connectivity index (χ2v) is 3.52. The van der Waals surface area contributed by atoms with Crippen molar-refractivity contribution in [3.05, 3.63) is 47.9 Å². The van der Waals surface area contributed by atoms with Crippen molar-refractivity contribution in [2.24, 2.45) is 0 Å². The van der Waals surface area contributed by atoms with Crippen molar-refractivity contribution < 1.29 is 0 Å². The van der Waals surface area contributed by atoms with Crippen LogP contribution >= 0.6 is 0 Å². The molecular formula is C15H20N2. The molecule has 1 aromatic heterocycles.